The highest BCUT2D eigenvalue weighted by molar-refractivity contribution is 4.92. The average molecular weight is 166 g/mol. The predicted octanol–water partition coefficient (Wildman–Crippen LogP) is 0.810. The van der Waals surface area contributed by atoms with Crippen molar-refractivity contribution < 1.29 is 0 Å². The zero-order valence-electron chi connectivity index (χ0n) is 7.87. The van der Waals surface area contributed by atoms with Crippen LogP contribution in [0.25, 0.3) is 0 Å². The van der Waals surface area contributed by atoms with Crippen LogP contribution in [-0.4, -0.2) is 49.6 Å². The molecule has 2 heterocycles. The molecular weight excluding hydrogens is 148 g/mol. The molecule has 0 N–H and O–H groups in total. The van der Waals surface area contributed by atoms with Crippen molar-refractivity contribution in [2.24, 2.45) is 5.92 Å². The zero-order valence-corrected chi connectivity index (χ0v) is 7.87. The van der Waals surface area contributed by atoms with E-state index in [1.165, 1.54) is 39.1 Å². The first-order valence-electron chi connectivity index (χ1n) is 4.90. The highest BCUT2D eigenvalue weighted by atomic mass is 15.2. The first-order chi connectivity index (χ1) is 5.84. The Morgan fingerprint density at radius 1 is 1.33 bits per heavy atom. The highest BCUT2D eigenvalue weighted by Gasteiger charge is 2.24. The Morgan fingerprint density at radius 2 is 2.17 bits per heavy atom. The summed E-state index contributed by atoms with van der Waals surface area (Å²) in [5.41, 5.74) is 0. The fraction of sp³-hybridized carbons (Fsp3) is 0.800. The molecule has 1 fully saturated rings. The van der Waals surface area contributed by atoms with Crippen LogP contribution in [0.5, 0.6) is 0 Å². The summed E-state index contributed by atoms with van der Waals surface area (Å²) in [4.78, 5) is 4.96. The molecule has 12 heavy (non-hydrogen) atoms. The molecule has 1 saturated heterocycles. The molecule has 0 unspecified atom stereocenters. The summed E-state index contributed by atoms with van der Waals surface area (Å²) >= 11 is 0. The molecule has 2 aliphatic heterocycles. The van der Waals surface area contributed by atoms with Crippen LogP contribution in [0.2, 0.25) is 0 Å². The Bertz CT molecular complexity index is 171. The molecule has 0 bridgehead atoms. The predicted molar refractivity (Wildman–Crippen MR) is 51.2 cm³/mol. The molecule has 0 atom stereocenters. The molecule has 0 aromatic rings. The molecule has 0 aromatic heterocycles. The van der Waals surface area contributed by atoms with Gasteiger partial charge in [-0.25, -0.2) is 0 Å². The van der Waals surface area contributed by atoms with Crippen molar-refractivity contribution in [3.8, 4) is 0 Å². The summed E-state index contributed by atoms with van der Waals surface area (Å²) in [5.74, 6) is 0.946. The van der Waals surface area contributed by atoms with E-state index < -0.39 is 0 Å². The van der Waals surface area contributed by atoms with Crippen LogP contribution in [0.1, 0.15) is 6.42 Å². The fourth-order valence-corrected chi connectivity index (χ4v) is 2.16. The van der Waals surface area contributed by atoms with Gasteiger partial charge in [0.05, 0.1) is 0 Å². The Hall–Kier alpha value is -0.340. The lowest BCUT2D eigenvalue weighted by Crippen LogP contribution is -2.49. The lowest BCUT2D eigenvalue weighted by atomic mass is 10.00. The van der Waals surface area contributed by atoms with Gasteiger partial charge in [-0.05, 0) is 19.4 Å². The first-order valence-corrected chi connectivity index (χ1v) is 4.90. The van der Waals surface area contributed by atoms with Gasteiger partial charge in [-0.1, -0.05) is 12.2 Å². The second kappa shape index (κ2) is 3.58. The molecule has 2 rings (SSSR count). The van der Waals surface area contributed by atoms with Gasteiger partial charge in [0, 0.05) is 32.7 Å². The molecule has 2 aliphatic rings. The molecule has 0 spiro atoms. The van der Waals surface area contributed by atoms with Crippen molar-refractivity contribution in [2.75, 3.05) is 39.8 Å². The van der Waals surface area contributed by atoms with E-state index in [4.69, 9.17) is 0 Å². The Kier molecular flexibility index (Phi) is 2.47. The van der Waals surface area contributed by atoms with Gasteiger partial charge in [0.2, 0.25) is 0 Å². The molecule has 0 aliphatic carbocycles. The maximum Gasteiger partial charge on any atom is 0.0163 e. The van der Waals surface area contributed by atoms with Crippen molar-refractivity contribution in [3.63, 3.8) is 0 Å². The van der Waals surface area contributed by atoms with Crippen molar-refractivity contribution in [3.05, 3.63) is 12.2 Å². The average Bonchev–Trinajstić information content (AvgIpc) is 2.04. The Balaban J connectivity index is 1.69. The Labute approximate surface area is 74.8 Å². The van der Waals surface area contributed by atoms with Gasteiger partial charge in [0.1, 0.15) is 0 Å². The van der Waals surface area contributed by atoms with Crippen LogP contribution < -0.4 is 0 Å². The fourth-order valence-electron chi connectivity index (χ4n) is 2.16. The molecule has 2 heteroatoms. The highest BCUT2D eigenvalue weighted by Crippen LogP contribution is 2.15. The number of hydrogen-bond donors (Lipinski definition) is 0. The van der Waals surface area contributed by atoms with Crippen LogP contribution in [0, 0.1) is 5.92 Å². The van der Waals surface area contributed by atoms with Crippen molar-refractivity contribution in [1.82, 2.24) is 9.80 Å². The largest absolute Gasteiger partial charge is 0.306 e. The van der Waals surface area contributed by atoms with Crippen molar-refractivity contribution in [2.45, 2.75) is 6.42 Å². The second-order valence-electron chi connectivity index (χ2n) is 4.11. The van der Waals surface area contributed by atoms with E-state index in [9.17, 15) is 0 Å². The normalized spacial score (nSPS) is 27.4. The summed E-state index contributed by atoms with van der Waals surface area (Å²) in [6.07, 6.45) is 5.85. The molecule has 0 radical (unpaired) electrons. The van der Waals surface area contributed by atoms with Crippen molar-refractivity contribution in [1.29, 1.82) is 0 Å². The van der Waals surface area contributed by atoms with Crippen molar-refractivity contribution >= 4 is 0 Å². The molecule has 0 saturated carbocycles. The smallest absolute Gasteiger partial charge is 0.0163 e. The third-order valence-electron chi connectivity index (χ3n) is 2.80. The third kappa shape index (κ3) is 1.87. The number of hydrogen-bond acceptors (Lipinski definition) is 2. The lowest BCUT2D eigenvalue weighted by Gasteiger charge is -2.39. The third-order valence-corrected chi connectivity index (χ3v) is 2.80. The number of likely N-dealkylation sites (tertiary alicyclic amines) is 1. The van der Waals surface area contributed by atoms with Crippen LogP contribution >= 0.6 is 0 Å². The van der Waals surface area contributed by atoms with Gasteiger partial charge >= 0.3 is 0 Å². The minimum Gasteiger partial charge on any atom is -0.306 e. The summed E-state index contributed by atoms with van der Waals surface area (Å²) in [7, 11) is 2.20. The van der Waals surface area contributed by atoms with E-state index in [1.54, 1.807) is 0 Å². The van der Waals surface area contributed by atoms with E-state index in [0.717, 1.165) is 5.92 Å². The van der Waals surface area contributed by atoms with Crippen LogP contribution in [-0.2, 0) is 0 Å². The van der Waals surface area contributed by atoms with E-state index in [1.807, 2.05) is 0 Å². The maximum atomic E-state index is 2.57. The minimum absolute atomic E-state index is 0.946. The van der Waals surface area contributed by atoms with Gasteiger partial charge in [0.15, 0.2) is 0 Å². The van der Waals surface area contributed by atoms with E-state index >= 15 is 0 Å². The second-order valence-corrected chi connectivity index (χ2v) is 4.11. The zero-order chi connectivity index (χ0) is 8.39. The summed E-state index contributed by atoms with van der Waals surface area (Å²) < 4.78 is 0. The SMILES string of the molecule is CN1CC(CN2CC=CCC2)C1. The van der Waals surface area contributed by atoms with E-state index in [2.05, 4.69) is 29.0 Å². The quantitative estimate of drug-likeness (QED) is 0.560. The van der Waals surface area contributed by atoms with Crippen LogP contribution in [0.15, 0.2) is 12.2 Å². The van der Waals surface area contributed by atoms with Gasteiger partial charge < -0.3 is 4.90 Å². The standard InChI is InChI=1S/C10H18N2/c1-11-7-10(8-11)9-12-5-3-2-4-6-12/h2-3,10H,4-9H2,1H3. The molecular formula is C10H18N2. The molecule has 68 valence electrons. The minimum atomic E-state index is 0.946. The van der Waals surface area contributed by atoms with Gasteiger partial charge in [0.25, 0.3) is 0 Å². The number of nitrogens with zero attached hydrogens (tertiary/aromatic N) is 2. The topological polar surface area (TPSA) is 6.48 Å². The number of rotatable bonds is 2. The van der Waals surface area contributed by atoms with E-state index in [-0.39, 0.29) is 0 Å². The first kappa shape index (κ1) is 8.27. The lowest BCUT2D eigenvalue weighted by molar-refractivity contribution is 0.0943. The molecule has 0 amide bonds. The van der Waals surface area contributed by atoms with Gasteiger partial charge in [-0.15, -0.1) is 0 Å². The molecule has 0 aromatic carbocycles. The maximum absolute atomic E-state index is 2.57. The van der Waals surface area contributed by atoms with Crippen LogP contribution in [0.3, 0.4) is 0 Å². The summed E-state index contributed by atoms with van der Waals surface area (Å²) in [6, 6.07) is 0. The monoisotopic (exact) mass is 166 g/mol. The summed E-state index contributed by atoms with van der Waals surface area (Å²) in [5, 5.41) is 0. The summed E-state index contributed by atoms with van der Waals surface area (Å²) in [6.45, 7) is 6.38. The van der Waals surface area contributed by atoms with Crippen LogP contribution in [0.4, 0.5) is 0 Å². The molecule has 2 nitrogen and oxygen atoms in total. The van der Waals surface area contributed by atoms with Gasteiger partial charge in [-0.2, -0.15) is 0 Å². The Morgan fingerprint density at radius 3 is 2.75 bits per heavy atom. The van der Waals surface area contributed by atoms with E-state index in [0.29, 0.717) is 0 Å². The van der Waals surface area contributed by atoms with Gasteiger partial charge in [-0.3, -0.25) is 4.90 Å².